The minimum Gasteiger partial charge on any atom is -0.489 e. The van der Waals surface area contributed by atoms with Crippen LogP contribution in [0.25, 0.3) is 0 Å². The summed E-state index contributed by atoms with van der Waals surface area (Å²) in [6.45, 7) is 0.205. The fourth-order valence-corrected chi connectivity index (χ4v) is 1.53. The zero-order chi connectivity index (χ0) is 13.0. The lowest BCUT2D eigenvalue weighted by molar-refractivity contribution is 0.320. The van der Waals surface area contributed by atoms with Crippen molar-refractivity contribution in [1.29, 1.82) is 0 Å². The minimum absolute atomic E-state index is 0.205. The molecule has 0 radical (unpaired) electrons. The summed E-state index contributed by atoms with van der Waals surface area (Å²) in [5.41, 5.74) is 5.86. The molecule has 3 nitrogen and oxygen atoms in total. The second-order valence-electron chi connectivity index (χ2n) is 3.72. The molecule has 0 saturated carbocycles. The first-order valence-corrected chi connectivity index (χ1v) is 5.44. The van der Waals surface area contributed by atoms with Crippen LogP contribution in [-0.4, -0.2) is 11.6 Å². The molecule has 0 aliphatic heterocycles. The number of halogens is 2. The lowest BCUT2D eigenvalue weighted by Gasteiger charge is -2.08. The molecule has 18 heavy (non-hydrogen) atoms. The molecule has 0 saturated heterocycles. The van der Waals surface area contributed by atoms with Crippen molar-refractivity contribution in [3.05, 3.63) is 53.7 Å². The summed E-state index contributed by atoms with van der Waals surface area (Å²) in [5, 5.41) is 0. The van der Waals surface area contributed by atoms with Crippen LogP contribution in [-0.2, 0) is 6.42 Å². The highest BCUT2D eigenvalue weighted by Gasteiger charge is 2.05. The number of rotatable bonds is 4. The van der Waals surface area contributed by atoms with Gasteiger partial charge in [0.1, 0.15) is 11.6 Å². The number of hydrogen-bond donors (Lipinski definition) is 1. The Kier molecular flexibility index (Phi) is 3.72. The Balaban J connectivity index is 1.96. The molecule has 0 bridgehead atoms. The molecule has 0 atom stereocenters. The fraction of sp³-hybridized carbons (Fsp3) is 0.154. The molecule has 0 fully saturated rings. The van der Waals surface area contributed by atoms with Gasteiger partial charge in [-0.25, -0.2) is 13.8 Å². The van der Waals surface area contributed by atoms with E-state index in [0.29, 0.717) is 5.75 Å². The maximum atomic E-state index is 13.3. The third-order valence-electron chi connectivity index (χ3n) is 2.44. The summed E-state index contributed by atoms with van der Waals surface area (Å²) in [5.74, 6) is -0.196. The quantitative estimate of drug-likeness (QED) is 0.907. The third kappa shape index (κ3) is 2.94. The van der Waals surface area contributed by atoms with E-state index in [2.05, 4.69) is 4.98 Å². The molecule has 0 spiro atoms. The average Bonchev–Trinajstić information content (AvgIpc) is 2.36. The topological polar surface area (TPSA) is 48.1 Å². The van der Waals surface area contributed by atoms with Gasteiger partial charge >= 0.3 is 0 Å². The first-order chi connectivity index (χ1) is 8.66. The maximum absolute atomic E-state index is 13.3. The molecule has 1 heterocycles. The Morgan fingerprint density at radius 3 is 2.83 bits per heavy atom. The number of benzene rings is 1. The molecule has 1 aromatic heterocycles. The average molecular weight is 250 g/mol. The van der Waals surface area contributed by atoms with Gasteiger partial charge in [0.05, 0.1) is 6.61 Å². The normalized spacial score (nSPS) is 10.3. The lowest BCUT2D eigenvalue weighted by atomic mass is 10.1. The molecular formula is C13H12F2N2O. The van der Waals surface area contributed by atoms with Crippen molar-refractivity contribution in [2.45, 2.75) is 6.42 Å². The minimum atomic E-state index is -0.465. The Labute approximate surface area is 103 Å². The molecule has 0 unspecified atom stereocenters. The number of hydrogen-bond acceptors (Lipinski definition) is 3. The summed E-state index contributed by atoms with van der Waals surface area (Å²) in [6.07, 6.45) is 1.81. The molecule has 2 rings (SSSR count). The van der Waals surface area contributed by atoms with E-state index in [4.69, 9.17) is 10.5 Å². The summed E-state index contributed by atoms with van der Waals surface area (Å²) in [6, 6.07) is 6.70. The summed E-state index contributed by atoms with van der Waals surface area (Å²) in [7, 11) is 0. The number of aromatic nitrogens is 1. The standard InChI is InChI=1S/C13H12F2N2O/c14-10-3-4-11(15)9(8-10)5-7-18-12-2-1-6-17-13(12)16/h1-4,6,8H,5,7H2,(H2,16,17). The van der Waals surface area contributed by atoms with Gasteiger partial charge in [0, 0.05) is 12.6 Å². The summed E-state index contributed by atoms with van der Waals surface area (Å²) < 4.78 is 31.6. The number of ether oxygens (including phenoxy) is 1. The number of nitrogens with two attached hydrogens (primary N) is 1. The number of nitrogens with zero attached hydrogens (tertiary/aromatic N) is 1. The molecular weight excluding hydrogens is 238 g/mol. The largest absolute Gasteiger partial charge is 0.489 e. The molecule has 1 aromatic carbocycles. The Hall–Kier alpha value is -2.17. The van der Waals surface area contributed by atoms with Gasteiger partial charge in [-0.2, -0.15) is 0 Å². The van der Waals surface area contributed by atoms with Crippen LogP contribution in [0, 0.1) is 11.6 Å². The fourth-order valence-electron chi connectivity index (χ4n) is 1.53. The maximum Gasteiger partial charge on any atom is 0.166 e. The van der Waals surface area contributed by atoms with Crippen LogP contribution in [0.1, 0.15) is 5.56 Å². The first-order valence-electron chi connectivity index (χ1n) is 5.44. The van der Waals surface area contributed by atoms with Gasteiger partial charge in [0.25, 0.3) is 0 Å². The highest BCUT2D eigenvalue weighted by Crippen LogP contribution is 2.17. The highest BCUT2D eigenvalue weighted by molar-refractivity contribution is 5.44. The van der Waals surface area contributed by atoms with Crippen LogP contribution >= 0.6 is 0 Å². The Bertz CT molecular complexity index is 546. The smallest absolute Gasteiger partial charge is 0.166 e. The van der Waals surface area contributed by atoms with Gasteiger partial charge in [-0.05, 0) is 35.9 Å². The lowest BCUT2D eigenvalue weighted by Crippen LogP contribution is -2.05. The number of pyridine rings is 1. The zero-order valence-corrected chi connectivity index (χ0v) is 9.57. The molecule has 0 aliphatic carbocycles. The van der Waals surface area contributed by atoms with Crippen molar-refractivity contribution in [2.24, 2.45) is 0 Å². The molecule has 2 aromatic rings. The van der Waals surface area contributed by atoms with Crippen molar-refractivity contribution in [3.63, 3.8) is 0 Å². The van der Waals surface area contributed by atoms with Crippen LogP contribution in [0.2, 0.25) is 0 Å². The van der Waals surface area contributed by atoms with E-state index in [1.54, 1.807) is 18.3 Å². The van der Waals surface area contributed by atoms with E-state index in [9.17, 15) is 8.78 Å². The van der Waals surface area contributed by atoms with Crippen LogP contribution in [0.5, 0.6) is 5.75 Å². The predicted molar refractivity (Wildman–Crippen MR) is 64.2 cm³/mol. The molecule has 94 valence electrons. The van der Waals surface area contributed by atoms with Gasteiger partial charge in [0.2, 0.25) is 0 Å². The van der Waals surface area contributed by atoms with Gasteiger partial charge in [-0.15, -0.1) is 0 Å². The monoisotopic (exact) mass is 250 g/mol. The predicted octanol–water partition coefficient (Wildman–Crippen LogP) is 2.56. The van der Waals surface area contributed by atoms with Crippen molar-refractivity contribution in [3.8, 4) is 5.75 Å². The van der Waals surface area contributed by atoms with E-state index in [0.717, 1.165) is 18.2 Å². The summed E-state index contributed by atoms with van der Waals surface area (Å²) >= 11 is 0. The second kappa shape index (κ2) is 5.44. The van der Waals surface area contributed by atoms with E-state index in [1.165, 1.54) is 0 Å². The van der Waals surface area contributed by atoms with Crippen LogP contribution < -0.4 is 10.5 Å². The van der Waals surface area contributed by atoms with Crippen LogP contribution in [0.4, 0.5) is 14.6 Å². The molecule has 5 heteroatoms. The van der Waals surface area contributed by atoms with E-state index in [-0.39, 0.29) is 24.4 Å². The summed E-state index contributed by atoms with van der Waals surface area (Å²) in [4.78, 5) is 3.86. The van der Waals surface area contributed by atoms with Gasteiger partial charge in [-0.3, -0.25) is 0 Å². The van der Waals surface area contributed by atoms with Crippen molar-refractivity contribution in [1.82, 2.24) is 4.98 Å². The van der Waals surface area contributed by atoms with E-state index >= 15 is 0 Å². The van der Waals surface area contributed by atoms with E-state index < -0.39 is 11.6 Å². The Morgan fingerprint density at radius 2 is 2.06 bits per heavy atom. The van der Waals surface area contributed by atoms with Gasteiger partial charge < -0.3 is 10.5 Å². The Morgan fingerprint density at radius 1 is 1.22 bits per heavy atom. The van der Waals surface area contributed by atoms with Crippen molar-refractivity contribution < 1.29 is 13.5 Å². The molecule has 0 amide bonds. The van der Waals surface area contributed by atoms with E-state index in [1.807, 2.05) is 0 Å². The first kappa shape index (κ1) is 12.3. The molecule has 2 N–H and O–H groups in total. The number of anilines is 1. The number of nitrogen functional groups attached to an aromatic ring is 1. The zero-order valence-electron chi connectivity index (χ0n) is 9.57. The highest BCUT2D eigenvalue weighted by atomic mass is 19.1. The van der Waals surface area contributed by atoms with Crippen LogP contribution in [0.3, 0.4) is 0 Å². The SMILES string of the molecule is Nc1ncccc1OCCc1cc(F)ccc1F. The van der Waals surface area contributed by atoms with Gasteiger partial charge in [0.15, 0.2) is 11.6 Å². The van der Waals surface area contributed by atoms with Crippen molar-refractivity contribution >= 4 is 5.82 Å². The van der Waals surface area contributed by atoms with Crippen molar-refractivity contribution in [2.75, 3.05) is 12.3 Å². The molecule has 0 aliphatic rings. The second-order valence-corrected chi connectivity index (χ2v) is 3.72. The van der Waals surface area contributed by atoms with Gasteiger partial charge in [-0.1, -0.05) is 0 Å². The van der Waals surface area contributed by atoms with Crippen LogP contribution in [0.15, 0.2) is 36.5 Å². The third-order valence-corrected chi connectivity index (χ3v) is 2.44.